The van der Waals surface area contributed by atoms with Gasteiger partial charge in [0.1, 0.15) is 0 Å². The number of benzene rings is 2. The second-order valence-corrected chi connectivity index (χ2v) is 4.69. The van der Waals surface area contributed by atoms with Crippen LogP contribution < -0.4 is 14.8 Å². The molecule has 5 heteroatoms. The van der Waals surface area contributed by atoms with E-state index in [4.69, 9.17) is 26.3 Å². The maximum Gasteiger partial charge on any atom is 0.179 e. The van der Waals surface area contributed by atoms with E-state index >= 15 is 0 Å². The maximum atomic E-state index is 8.77. The molecule has 21 heavy (non-hydrogen) atoms. The fourth-order valence-electron chi connectivity index (χ4n) is 1.93. The fraction of sp³-hybridized carbons (Fsp3) is 0.188. The monoisotopic (exact) mass is 302 g/mol. The molecule has 2 rings (SSSR count). The topological polar surface area (TPSA) is 54.3 Å². The number of rotatable bonds is 5. The van der Waals surface area contributed by atoms with E-state index in [-0.39, 0.29) is 0 Å². The van der Waals surface area contributed by atoms with Crippen molar-refractivity contribution < 1.29 is 9.47 Å². The van der Waals surface area contributed by atoms with Crippen LogP contribution in [0, 0.1) is 11.3 Å². The van der Waals surface area contributed by atoms with E-state index in [2.05, 4.69) is 11.4 Å². The first-order valence-electron chi connectivity index (χ1n) is 6.33. The standard InChI is InChI=1S/C16H15ClN2O2/c1-20-14-8-5-12(15(17)16(14)21-2)10-19-13-6-3-11(9-18)4-7-13/h3-8,19H,10H2,1-2H3. The summed E-state index contributed by atoms with van der Waals surface area (Å²) in [5, 5.41) is 12.5. The molecule has 0 bridgehead atoms. The lowest BCUT2D eigenvalue weighted by Crippen LogP contribution is -2.02. The first-order chi connectivity index (χ1) is 10.2. The van der Waals surface area contributed by atoms with Crippen LogP contribution in [-0.4, -0.2) is 14.2 Å². The van der Waals surface area contributed by atoms with E-state index in [0.29, 0.717) is 28.6 Å². The largest absolute Gasteiger partial charge is 0.493 e. The van der Waals surface area contributed by atoms with Crippen molar-refractivity contribution in [2.45, 2.75) is 6.54 Å². The zero-order valence-corrected chi connectivity index (χ0v) is 12.6. The lowest BCUT2D eigenvalue weighted by atomic mass is 10.1. The van der Waals surface area contributed by atoms with Gasteiger partial charge >= 0.3 is 0 Å². The molecule has 108 valence electrons. The third-order valence-electron chi connectivity index (χ3n) is 3.06. The summed E-state index contributed by atoms with van der Waals surface area (Å²) in [6.45, 7) is 0.547. The zero-order valence-electron chi connectivity index (χ0n) is 11.8. The van der Waals surface area contributed by atoms with Crippen LogP contribution in [0.3, 0.4) is 0 Å². The van der Waals surface area contributed by atoms with E-state index < -0.39 is 0 Å². The Bertz CT molecular complexity index is 663. The summed E-state index contributed by atoms with van der Waals surface area (Å²) in [5.41, 5.74) is 2.45. The first kappa shape index (κ1) is 15.0. The summed E-state index contributed by atoms with van der Waals surface area (Å²) in [4.78, 5) is 0. The third-order valence-corrected chi connectivity index (χ3v) is 3.48. The van der Waals surface area contributed by atoms with Gasteiger partial charge in [0, 0.05) is 12.2 Å². The highest BCUT2D eigenvalue weighted by molar-refractivity contribution is 6.33. The molecule has 4 nitrogen and oxygen atoms in total. The Hall–Kier alpha value is -2.38. The normalized spacial score (nSPS) is 9.81. The van der Waals surface area contributed by atoms with Crippen molar-refractivity contribution in [2.24, 2.45) is 0 Å². The molecule has 0 aliphatic carbocycles. The quantitative estimate of drug-likeness (QED) is 0.911. The number of nitrogens with one attached hydrogen (secondary N) is 1. The van der Waals surface area contributed by atoms with E-state index in [0.717, 1.165) is 11.3 Å². The molecule has 2 aromatic rings. The van der Waals surface area contributed by atoms with Crippen LogP contribution in [0.5, 0.6) is 11.5 Å². The van der Waals surface area contributed by atoms with Crippen molar-refractivity contribution >= 4 is 17.3 Å². The van der Waals surface area contributed by atoms with Gasteiger partial charge < -0.3 is 14.8 Å². The third kappa shape index (κ3) is 3.39. The van der Waals surface area contributed by atoms with Crippen molar-refractivity contribution in [3.8, 4) is 17.6 Å². The van der Waals surface area contributed by atoms with E-state index in [1.54, 1.807) is 26.4 Å². The molecule has 0 radical (unpaired) electrons. The summed E-state index contributed by atoms with van der Waals surface area (Å²) in [7, 11) is 3.13. The second kappa shape index (κ2) is 6.87. The number of methoxy groups -OCH3 is 2. The number of nitriles is 1. The van der Waals surface area contributed by atoms with Crippen molar-refractivity contribution in [2.75, 3.05) is 19.5 Å². The van der Waals surface area contributed by atoms with E-state index in [9.17, 15) is 0 Å². The lowest BCUT2D eigenvalue weighted by molar-refractivity contribution is 0.355. The molecule has 0 atom stereocenters. The minimum Gasteiger partial charge on any atom is -0.493 e. The molecule has 1 N–H and O–H groups in total. The van der Waals surface area contributed by atoms with Gasteiger partial charge in [-0.05, 0) is 35.9 Å². The summed E-state index contributed by atoms with van der Waals surface area (Å²) in [5.74, 6) is 1.13. The van der Waals surface area contributed by atoms with Gasteiger partial charge in [-0.3, -0.25) is 0 Å². The van der Waals surface area contributed by atoms with Gasteiger partial charge in [0.15, 0.2) is 11.5 Å². The molecule has 0 unspecified atom stereocenters. The summed E-state index contributed by atoms with van der Waals surface area (Å²) in [6.07, 6.45) is 0. The molecule has 0 spiro atoms. The molecule has 0 fully saturated rings. The van der Waals surface area contributed by atoms with Crippen molar-refractivity contribution in [1.29, 1.82) is 5.26 Å². The number of hydrogen-bond acceptors (Lipinski definition) is 4. The van der Waals surface area contributed by atoms with Gasteiger partial charge in [-0.1, -0.05) is 17.7 Å². The highest BCUT2D eigenvalue weighted by Crippen LogP contribution is 2.37. The molecule has 0 heterocycles. The van der Waals surface area contributed by atoms with Gasteiger partial charge in [0.2, 0.25) is 0 Å². The molecule has 0 amide bonds. The fourth-order valence-corrected chi connectivity index (χ4v) is 2.23. The summed E-state index contributed by atoms with van der Waals surface area (Å²) >= 11 is 6.32. The van der Waals surface area contributed by atoms with Crippen LogP contribution in [0.1, 0.15) is 11.1 Å². The van der Waals surface area contributed by atoms with Gasteiger partial charge in [-0.15, -0.1) is 0 Å². The van der Waals surface area contributed by atoms with Crippen LogP contribution in [0.15, 0.2) is 36.4 Å². The molecule has 0 aromatic heterocycles. The predicted octanol–water partition coefficient (Wildman–Crippen LogP) is 3.84. The molecule has 2 aromatic carbocycles. The smallest absolute Gasteiger partial charge is 0.179 e. The molecule has 0 aliphatic rings. The highest BCUT2D eigenvalue weighted by Gasteiger charge is 2.12. The average Bonchev–Trinajstić information content (AvgIpc) is 2.53. The molecule has 0 aliphatic heterocycles. The highest BCUT2D eigenvalue weighted by atomic mass is 35.5. The van der Waals surface area contributed by atoms with Gasteiger partial charge in [0.25, 0.3) is 0 Å². The summed E-state index contributed by atoms with van der Waals surface area (Å²) in [6, 6.07) is 13.0. The Morgan fingerprint density at radius 1 is 1.10 bits per heavy atom. The predicted molar refractivity (Wildman–Crippen MR) is 83.0 cm³/mol. The Labute approximate surface area is 128 Å². The minimum atomic E-state index is 0.526. The Balaban J connectivity index is 2.14. The van der Waals surface area contributed by atoms with Crippen molar-refractivity contribution in [3.63, 3.8) is 0 Å². The molecular weight excluding hydrogens is 288 g/mol. The SMILES string of the molecule is COc1ccc(CNc2ccc(C#N)cc2)c(Cl)c1OC. The van der Waals surface area contributed by atoms with Crippen molar-refractivity contribution in [1.82, 2.24) is 0 Å². The Morgan fingerprint density at radius 2 is 1.81 bits per heavy atom. The number of anilines is 1. The van der Waals surface area contributed by atoms with Crippen LogP contribution in [0.4, 0.5) is 5.69 Å². The van der Waals surface area contributed by atoms with Gasteiger partial charge in [-0.2, -0.15) is 5.26 Å². The average molecular weight is 303 g/mol. The van der Waals surface area contributed by atoms with E-state index in [1.165, 1.54) is 0 Å². The van der Waals surface area contributed by atoms with Gasteiger partial charge in [0.05, 0.1) is 30.9 Å². The Morgan fingerprint density at radius 3 is 2.38 bits per heavy atom. The van der Waals surface area contributed by atoms with Gasteiger partial charge in [-0.25, -0.2) is 0 Å². The number of nitrogens with zero attached hydrogens (tertiary/aromatic N) is 1. The number of hydrogen-bond donors (Lipinski definition) is 1. The number of halogens is 1. The minimum absolute atomic E-state index is 0.526. The first-order valence-corrected chi connectivity index (χ1v) is 6.70. The lowest BCUT2D eigenvalue weighted by Gasteiger charge is -2.13. The number of ether oxygens (including phenoxy) is 2. The van der Waals surface area contributed by atoms with Crippen LogP contribution in [0.25, 0.3) is 0 Å². The zero-order chi connectivity index (χ0) is 15.2. The van der Waals surface area contributed by atoms with Crippen LogP contribution in [0.2, 0.25) is 5.02 Å². The second-order valence-electron chi connectivity index (χ2n) is 4.32. The van der Waals surface area contributed by atoms with Crippen LogP contribution in [-0.2, 0) is 6.54 Å². The molecule has 0 saturated carbocycles. The van der Waals surface area contributed by atoms with E-state index in [1.807, 2.05) is 24.3 Å². The van der Waals surface area contributed by atoms with Crippen molar-refractivity contribution in [3.05, 3.63) is 52.5 Å². The summed E-state index contributed by atoms with van der Waals surface area (Å²) < 4.78 is 10.5. The Kier molecular flexibility index (Phi) is 4.91. The molecular formula is C16H15ClN2O2. The molecule has 0 saturated heterocycles. The maximum absolute atomic E-state index is 8.77. The van der Waals surface area contributed by atoms with Crippen LogP contribution >= 0.6 is 11.6 Å².